The third kappa shape index (κ3) is 2.70. The van der Waals surface area contributed by atoms with Crippen molar-refractivity contribution in [2.75, 3.05) is 5.32 Å². The first kappa shape index (κ1) is 19.4. The molecule has 0 saturated carbocycles. The van der Waals surface area contributed by atoms with Gasteiger partial charge in [0, 0.05) is 23.7 Å². The van der Waals surface area contributed by atoms with Gasteiger partial charge in [0.15, 0.2) is 0 Å². The van der Waals surface area contributed by atoms with Gasteiger partial charge in [-0.15, -0.1) is 0 Å². The van der Waals surface area contributed by atoms with Gasteiger partial charge in [-0.2, -0.15) is 0 Å². The van der Waals surface area contributed by atoms with Crippen LogP contribution in [0.5, 0.6) is 0 Å². The molecule has 0 aliphatic carbocycles. The molecule has 1 spiro atoms. The Labute approximate surface area is 176 Å². The molecular weight excluding hydrogens is 403 g/mol. The van der Waals surface area contributed by atoms with Crippen LogP contribution in [0, 0.1) is 17.7 Å². The van der Waals surface area contributed by atoms with Crippen LogP contribution in [-0.2, 0) is 31.3 Å². The van der Waals surface area contributed by atoms with Gasteiger partial charge in [0.25, 0.3) is 0 Å². The lowest BCUT2D eigenvalue weighted by molar-refractivity contribution is -0.143. The summed E-state index contributed by atoms with van der Waals surface area (Å²) in [6.45, 7) is 0.0442. The highest BCUT2D eigenvalue weighted by molar-refractivity contribution is 6.15. The number of carbonyl (C=O) groups is 4. The van der Waals surface area contributed by atoms with Crippen LogP contribution in [0.2, 0.25) is 0 Å². The summed E-state index contributed by atoms with van der Waals surface area (Å²) in [5.74, 6) is -4.91. The molecule has 0 bridgehead atoms. The number of halogens is 1. The van der Waals surface area contributed by atoms with Gasteiger partial charge in [0.05, 0.1) is 18.4 Å². The first-order chi connectivity index (χ1) is 14.8. The number of hydrogen-bond acceptors (Lipinski definition) is 5. The van der Waals surface area contributed by atoms with E-state index in [1.807, 2.05) is 6.07 Å². The van der Waals surface area contributed by atoms with Gasteiger partial charge in [0.2, 0.25) is 23.6 Å². The predicted molar refractivity (Wildman–Crippen MR) is 106 cm³/mol. The fraction of sp³-hybridized carbons (Fsp3) is 0.273. The molecular formula is C22H19FN4O4. The summed E-state index contributed by atoms with van der Waals surface area (Å²) in [5.41, 5.74) is 5.09. The standard InChI is InChI=1S/C22H19FN4O4/c23-12-6-7-14-13(8-12)22(21(31)25-14)18-17(15(26-22)9-16(24)28)19(29)27(20(18)30)10-11-4-2-1-3-5-11/h1-8,15,17-18,26H,9-10H2,(H2,24,28)(H,25,31)/t15-,17+,18-,22-/m0/s1. The van der Waals surface area contributed by atoms with Crippen LogP contribution >= 0.6 is 0 Å². The number of rotatable bonds is 4. The SMILES string of the molecule is NC(=O)C[C@@H]1N[C@]2(C(=O)Nc3ccc(F)cc32)[C@@H]2C(=O)N(Cc3ccccc3)C(=O)[C@H]12. The maximum Gasteiger partial charge on any atom is 0.250 e. The van der Waals surface area contributed by atoms with E-state index in [0.717, 1.165) is 10.5 Å². The highest BCUT2D eigenvalue weighted by Gasteiger charge is 2.70. The smallest absolute Gasteiger partial charge is 0.250 e. The number of hydrogen-bond donors (Lipinski definition) is 3. The van der Waals surface area contributed by atoms with Crippen LogP contribution in [0.15, 0.2) is 48.5 Å². The zero-order valence-electron chi connectivity index (χ0n) is 16.3. The lowest BCUT2D eigenvalue weighted by Gasteiger charge is -2.29. The van der Waals surface area contributed by atoms with Gasteiger partial charge in [-0.25, -0.2) is 4.39 Å². The molecule has 9 heteroatoms. The summed E-state index contributed by atoms with van der Waals surface area (Å²) < 4.78 is 14.1. The van der Waals surface area contributed by atoms with Crippen molar-refractivity contribution in [3.63, 3.8) is 0 Å². The molecule has 4 N–H and O–H groups in total. The zero-order valence-corrected chi connectivity index (χ0v) is 16.3. The van der Waals surface area contributed by atoms with Crippen molar-refractivity contribution < 1.29 is 23.6 Å². The lowest BCUT2D eigenvalue weighted by Crippen LogP contribution is -2.53. The molecule has 2 fully saturated rings. The third-order valence-electron chi connectivity index (χ3n) is 6.37. The van der Waals surface area contributed by atoms with Crippen LogP contribution in [0.4, 0.5) is 10.1 Å². The number of nitrogens with two attached hydrogens (primary N) is 1. The molecule has 0 radical (unpaired) electrons. The molecule has 158 valence electrons. The van der Waals surface area contributed by atoms with Crippen LogP contribution in [-0.4, -0.2) is 34.6 Å². The lowest BCUT2D eigenvalue weighted by atomic mass is 9.76. The second kappa shape index (κ2) is 6.71. The number of fused-ring (bicyclic) bond motifs is 4. The largest absolute Gasteiger partial charge is 0.370 e. The number of benzene rings is 2. The Hall–Kier alpha value is -3.59. The van der Waals surface area contributed by atoms with E-state index in [9.17, 15) is 23.6 Å². The highest BCUT2D eigenvalue weighted by atomic mass is 19.1. The molecule has 2 aromatic rings. The van der Waals surface area contributed by atoms with E-state index in [2.05, 4.69) is 10.6 Å². The van der Waals surface area contributed by atoms with E-state index in [1.165, 1.54) is 18.2 Å². The average Bonchev–Trinajstić information content (AvgIpc) is 3.29. The predicted octanol–water partition coefficient (Wildman–Crippen LogP) is 0.622. The second-order valence-electron chi connectivity index (χ2n) is 8.12. The number of anilines is 1. The normalized spacial score (nSPS) is 28.7. The van der Waals surface area contributed by atoms with Gasteiger partial charge in [-0.3, -0.25) is 29.4 Å². The molecule has 5 rings (SSSR count). The van der Waals surface area contributed by atoms with Gasteiger partial charge in [-0.05, 0) is 23.8 Å². The quantitative estimate of drug-likeness (QED) is 0.624. The fourth-order valence-corrected chi connectivity index (χ4v) is 5.15. The molecule has 8 nitrogen and oxygen atoms in total. The Morgan fingerprint density at radius 2 is 1.84 bits per heavy atom. The minimum absolute atomic E-state index is 0.0442. The fourth-order valence-electron chi connectivity index (χ4n) is 5.15. The molecule has 31 heavy (non-hydrogen) atoms. The maximum atomic E-state index is 14.1. The van der Waals surface area contributed by atoms with E-state index in [0.29, 0.717) is 5.69 Å². The van der Waals surface area contributed by atoms with Crippen molar-refractivity contribution in [1.82, 2.24) is 10.2 Å². The van der Waals surface area contributed by atoms with Gasteiger partial charge >= 0.3 is 0 Å². The zero-order chi connectivity index (χ0) is 21.9. The highest BCUT2D eigenvalue weighted by Crippen LogP contribution is 2.53. The molecule has 0 unspecified atom stereocenters. The summed E-state index contributed by atoms with van der Waals surface area (Å²) in [7, 11) is 0. The Balaban J connectivity index is 1.62. The second-order valence-corrected chi connectivity index (χ2v) is 8.12. The van der Waals surface area contributed by atoms with Crippen molar-refractivity contribution in [2.24, 2.45) is 17.6 Å². The molecule has 2 aromatic carbocycles. The molecule has 3 aliphatic heterocycles. The number of primary amides is 1. The average molecular weight is 422 g/mol. The third-order valence-corrected chi connectivity index (χ3v) is 6.37. The van der Waals surface area contributed by atoms with Crippen molar-refractivity contribution in [1.29, 1.82) is 0 Å². The number of carbonyl (C=O) groups excluding carboxylic acids is 4. The van der Waals surface area contributed by atoms with E-state index in [1.54, 1.807) is 24.3 Å². The number of imide groups is 1. The van der Waals surface area contributed by atoms with Gasteiger partial charge in [0.1, 0.15) is 11.4 Å². The monoisotopic (exact) mass is 422 g/mol. The van der Waals surface area contributed by atoms with E-state index in [4.69, 9.17) is 5.73 Å². The number of nitrogens with one attached hydrogen (secondary N) is 2. The van der Waals surface area contributed by atoms with Crippen LogP contribution < -0.4 is 16.4 Å². The van der Waals surface area contributed by atoms with E-state index < -0.39 is 52.9 Å². The molecule has 4 atom stereocenters. The first-order valence-corrected chi connectivity index (χ1v) is 9.89. The Kier molecular flexibility index (Phi) is 4.19. The minimum Gasteiger partial charge on any atom is -0.370 e. The molecule has 3 aliphatic rings. The maximum absolute atomic E-state index is 14.1. The van der Waals surface area contributed by atoms with E-state index >= 15 is 0 Å². The Morgan fingerprint density at radius 3 is 2.55 bits per heavy atom. The summed E-state index contributed by atoms with van der Waals surface area (Å²) in [6, 6.07) is 12.0. The Morgan fingerprint density at radius 1 is 1.10 bits per heavy atom. The van der Waals surface area contributed by atoms with Crippen molar-refractivity contribution in [2.45, 2.75) is 24.5 Å². The number of likely N-dealkylation sites (tertiary alicyclic amines) is 1. The number of amides is 4. The number of nitrogens with zero attached hydrogens (tertiary/aromatic N) is 1. The van der Waals surface area contributed by atoms with Crippen molar-refractivity contribution in [3.05, 3.63) is 65.5 Å². The van der Waals surface area contributed by atoms with Crippen LogP contribution in [0.25, 0.3) is 0 Å². The topological polar surface area (TPSA) is 122 Å². The first-order valence-electron chi connectivity index (χ1n) is 9.89. The summed E-state index contributed by atoms with van der Waals surface area (Å²) in [6.07, 6.45) is -0.237. The molecule has 2 saturated heterocycles. The Bertz CT molecular complexity index is 1140. The van der Waals surface area contributed by atoms with Crippen LogP contribution in [0.1, 0.15) is 17.5 Å². The summed E-state index contributed by atoms with van der Waals surface area (Å²) in [5, 5.41) is 5.71. The summed E-state index contributed by atoms with van der Waals surface area (Å²) in [4.78, 5) is 52.8. The molecule has 0 aromatic heterocycles. The van der Waals surface area contributed by atoms with E-state index in [-0.39, 0.29) is 18.5 Å². The van der Waals surface area contributed by atoms with Crippen LogP contribution in [0.3, 0.4) is 0 Å². The van der Waals surface area contributed by atoms with Crippen molar-refractivity contribution in [3.8, 4) is 0 Å². The molecule has 4 amide bonds. The summed E-state index contributed by atoms with van der Waals surface area (Å²) >= 11 is 0. The van der Waals surface area contributed by atoms with Gasteiger partial charge in [-0.1, -0.05) is 30.3 Å². The molecule has 3 heterocycles. The van der Waals surface area contributed by atoms with Crippen molar-refractivity contribution >= 4 is 29.3 Å². The van der Waals surface area contributed by atoms with Gasteiger partial charge < -0.3 is 11.1 Å². The minimum atomic E-state index is -1.65.